The summed E-state index contributed by atoms with van der Waals surface area (Å²) in [4.78, 5) is 17.2. The van der Waals surface area contributed by atoms with E-state index in [1.54, 1.807) is 11.8 Å². The largest absolute Gasteiger partial charge is 0.322 e. The zero-order valence-corrected chi connectivity index (χ0v) is 12.3. The molecule has 0 aliphatic carbocycles. The zero-order chi connectivity index (χ0) is 14.5. The SMILES string of the molecule is CSc1ccc(NC(=O)c2cc(Cl)nc(NN)c2)cc1. The van der Waals surface area contributed by atoms with Crippen molar-refractivity contribution >= 4 is 40.8 Å². The van der Waals surface area contributed by atoms with Crippen LogP contribution in [-0.4, -0.2) is 17.1 Å². The van der Waals surface area contributed by atoms with Crippen molar-refractivity contribution in [2.75, 3.05) is 17.0 Å². The molecule has 0 saturated carbocycles. The lowest BCUT2D eigenvalue weighted by Gasteiger charge is -2.07. The maximum Gasteiger partial charge on any atom is 0.255 e. The fraction of sp³-hybridized carbons (Fsp3) is 0.0769. The zero-order valence-electron chi connectivity index (χ0n) is 10.7. The van der Waals surface area contributed by atoms with Gasteiger partial charge in [-0.15, -0.1) is 11.8 Å². The summed E-state index contributed by atoms with van der Waals surface area (Å²) in [6, 6.07) is 10.6. The van der Waals surface area contributed by atoms with Gasteiger partial charge in [-0.25, -0.2) is 10.8 Å². The Morgan fingerprint density at radius 2 is 2.00 bits per heavy atom. The Balaban J connectivity index is 2.16. The van der Waals surface area contributed by atoms with Crippen LogP contribution in [0.2, 0.25) is 5.15 Å². The molecule has 4 N–H and O–H groups in total. The molecule has 1 amide bonds. The van der Waals surface area contributed by atoms with Gasteiger partial charge in [-0.2, -0.15) is 0 Å². The number of halogens is 1. The monoisotopic (exact) mass is 308 g/mol. The van der Waals surface area contributed by atoms with Gasteiger partial charge in [-0.05, 0) is 42.7 Å². The molecule has 0 radical (unpaired) electrons. The van der Waals surface area contributed by atoms with Crippen molar-refractivity contribution in [3.05, 3.63) is 47.1 Å². The number of anilines is 2. The minimum atomic E-state index is -0.275. The number of amides is 1. The average Bonchev–Trinajstić information content (AvgIpc) is 2.47. The fourth-order valence-corrected chi connectivity index (χ4v) is 2.20. The third kappa shape index (κ3) is 3.63. The summed E-state index contributed by atoms with van der Waals surface area (Å²) < 4.78 is 0. The van der Waals surface area contributed by atoms with E-state index in [2.05, 4.69) is 15.7 Å². The van der Waals surface area contributed by atoms with Crippen molar-refractivity contribution in [1.82, 2.24) is 4.98 Å². The van der Waals surface area contributed by atoms with Crippen LogP contribution in [0.5, 0.6) is 0 Å². The highest BCUT2D eigenvalue weighted by atomic mass is 35.5. The highest BCUT2D eigenvalue weighted by molar-refractivity contribution is 7.98. The number of nitrogens with one attached hydrogen (secondary N) is 2. The van der Waals surface area contributed by atoms with Crippen LogP contribution >= 0.6 is 23.4 Å². The molecule has 104 valence electrons. The smallest absolute Gasteiger partial charge is 0.255 e. The summed E-state index contributed by atoms with van der Waals surface area (Å²) in [5.41, 5.74) is 3.46. The Morgan fingerprint density at radius 3 is 2.60 bits per heavy atom. The number of carbonyl (C=O) groups is 1. The van der Waals surface area contributed by atoms with Crippen molar-refractivity contribution in [3.63, 3.8) is 0 Å². The van der Waals surface area contributed by atoms with Crippen molar-refractivity contribution in [1.29, 1.82) is 0 Å². The van der Waals surface area contributed by atoms with Gasteiger partial charge < -0.3 is 10.7 Å². The Kier molecular flexibility index (Phi) is 4.84. The molecule has 2 aromatic rings. The summed E-state index contributed by atoms with van der Waals surface area (Å²) >= 11 is 7.47. The molecule has 0 fully saturated rings. The van der Waals surface area contributed by atoms with Crippen LogP contribution in [0.1, 0.15) is 10.4 Å². The van der Waals surface area contributed by atoms with E-state index in [1.807, 2.05) is 30.5 Å². The first kappa shape index (κ1) is 14.6. The van der Waals surface area contributed by atoms with Gasteiger partial charge in [0.1, 0.15) is 11.0 Å². The second-order valence-corrected chi connectivity index (χ2v) is 5.16. The first-order valence-corrected chi connectivity index (χ1v) is 7.32. The number of hydrogen-bond acceptors (Lipinski definition) is 5. The van der Waals surface area contributed by atoms with Gasteiger partial charge in [-0.1, -0.05) is 11.6 Å². The van der Waals surface area contributed by atoms with Crippen LogP contribution in [0.3, 0.4) is 0 Å². The van der Waals surface area contributed by atoms with Gasteiger partial charge in [0.05, 0.1) is 0 Å². The number of benzene rings is 1. The van der Waals surface area contributed by atoms with Crippen LogP contribution in [0, 0.1) is 0 Å². The summed E-state index contributed by atoms with van der Waals surface area (Å²) in [5.74, 6) is 5.33. The fourth-order valence-electron chi connectivity index (χ4n) is 1.58. The van der Waals surface area contributed by atoms with E-state index < -0.39 is 0 Å². The number of pyridine rings is 1. The number of thioether (sulfide) groups is 1. The standard InChI is InChI=1S/C13H13ClN4OS/c1-20-10-4-2-9(3-5-10)16-13(19)8-6-11(14)17-12(7-8)18-15/h2-7H,15H2,1H3,(H,16,19)(H,17,18). The average molecular weight is 309 g/mol. The second kappa shape index (κ2) is 6.60. The molecule has 7 heteroatoms. The van der Waals surface area contributed by atoms with Crippen molar-refractivity contribution < 1.29 is 4.79 Å². The molecule has 0 bridgehead atoms. The van der Waals surface area contributed by atoms with Crippen LogP contribution in [0.4, 0.5) is 11.5 Å². The second-order valence-electron chi connectivity index (χ2n) is 3.89. The van der Waals surface area contributed by atoms with E-state index >= 15 is 0 Å². The molecular weight excluding hydrogens is 296 g/mol. The lowest BCUT2D eigenvalue weighted by Crippen LogP contribution is -2.14. The van der Waals surface area contributed by atoms with Gasteiger partial charge in [-0.3, -0.25) is 4.79 Å². The normalized spacial score (nSPS) is 10.2. The molecule has 0 atom stereocenters. The predicted molar refractivity (Wildman–Crippen MR) is 83.2 cm³/mol. The van der Waals surface area contributed by atoms with Crippen LogP contribution in [0.25, 0.3) is 0 Å². The van der Waals surface area contributed by atoms with Crippen molar-refractivity contribution in [2.45, 2.75) is 4.90 Å². The van der Waals surface area contributed by atoms with E-state index in [9.17, 15) is 4.79 Å². The number of rotatable bonds is 4. The number of nitrogen functional groups attached to an aromatic ring is 1. The summed E-state index contributed by atoms with van der Waals surface area (Å²) in [7, 11) is 0. The molecule has 0 spiro atoms. The molecule has 2 rings (SSSR count). The number of nitrogens with two attached hydrogens (primary N) is 1. The van der Waals surface area contributed by atoms with Gasteiger partial charge in [0.25, 0.3) is 5.91 Å². The number of nitrogens with zero attached hydrogens (tertiary/aromatic N) is 1. The highest BCUT2D eigenvalue weighted by Gasteiger charge is 2.09. The van der Waals surface area contributed by atoms with E-state index in [4.69, 9.17) is 17.4 Å². The maximum absolute atomic E-state index is 12.1. The number of aromatic nitrogens is 1. The third-order valence-corrected chi connectivity index (χ3v) is 3.49. The van der Waals surface area contributed by atoms with Crippen LogP contribution in [0.15, 0.2) is 41.3 Å². The summed E-state index contributed by atoms with van der Waals surface area (Å²) in [5, 5.41) is 2.98. The molecule has 20 heavy (non-hydrogen) atoms. The molecular formula is C13H13ClN4OS. The molecule has 5 nitrogen and oxygen atoms in total. The van der Waals surface area contributed by atoms with Gasteiger partial charge >= 0.3 is 0 Å². The molecule has 0 saturated heterocycles. The van der Waals surface area contributed by atoms with E-state index in [0.717, 1.165) is 4.90 Å². The summed E-state index contributed by atoms with van der Waals surface area (Å²) in [6.45, 7) is 0. The molecule has 1 aromatic heterocycles. The number of hydrogen-bond donors (Lipinski definition) is 3. The topological polar surface area (TPSA) is 80.0 Å². The summed E-state index contributed by atoms with van der Waals surface area (Å²) in [6.07, 6.45) is 1.99. The van der Waals surface area contributed by atoms with Crippen molar-refractivity contribution in [2.24, 2.45) is 5.84 Å². The third-order valence-electron chi connectivity index (χ3n) is 2.55. The Labute approximate surface area is 125 Å². The van der Waals surface area contributed by atoms with Crippen LogP contribution in [-0.2, 0) is 0 Å². The molecule has 0 aliphatic heterocycles. The first-order chi connectivity index (χ1) is 9.62. The molecule has 0 aliphatic rings. The first-order valence-electron chi connectivity index (χ1n) is 5.72. The number of hydrazine groups is 1. The number of carbonyl (C=O) groups excluding carboxylic acids is 1. The lowest BCUT2D eigenvalue weighted by atomic mass is 10.2. The lowest BCUT2D eigenvalue weighted by molar-refractivity contribution is 0.102. The molecule has 1 heterocycles. The minimum absolute atomic E-state index is 0.198. The minimum Gasteiger partial charge on any atom is -0.322 e. The molecule has 1 aromatic carbocycles. The van der Waals surface area contributed by atoms with E-state index in [-0.39, 0.29) is 11.1 Å². The van der Waals surface area contributed by atoms with Gasteiger partial charge in [0.15, 0.2) is 0 Å². The predicted octanol–water partition coefficient (Wildman–Crippen LogP) is 2.99. The Bertz CT molecular complexity index is 618. The Morgan fingerprint density at radius 1 is 1.30 bits per heavy atom. The highest BCUT2D eigenvalue weighted by Crippen LogP contribution is 2.19. The van der Waals surface area contributed by atoms with Gasteiger partial charge in [0, 0.05) is 16.1 Å². The van der Waals surface area contributed by atoms with Crippen LogP contribution < -0.4 is 16.6 Å². The van der Waals surface area contributed by atoms with E-state index in [1.165, 1.54) is 12.1 Å². The Hall–Kier alpha value is -1.76. The maximum atomic E-state index is 12.1. The van der Waals surface area contributed by atoms with Gasteiger partial charge in [0.2, 0.25) is 0 Å². The van der Waals surface area contributed by atoms with Crippen molar-refractivity contribution in [3.8, 4) is 0 Å². The van der Waals surface area contributed by atoms with E-state index in [0.29, 0.717) is 17.1 Å². The molecule has 0 unspecified atom stereocenters. The quantitative estimate of drug-likeness (QED) is 0.350.